The van der Waals surface area contributed by atoms with E-state index in [1.54, 1.807) is 0 Å². The molecule has 1 unspecified atom stereocenters. The minimum absolute atomic E-state index is 0. The van der Waals surface area contributed by atoms with E-state index in [2.05, 4.69) is 0 Å². The largest absolute Gasteiger partial charge is 0.416 e. The highest BCUT2D eigenvalue weighted by atomic mass is 35.5. The van der Waals surface area contributed by atoms with E-state index in [4.69, 9.17) is 5.73 Å². The Balaban J connectivity index is 0.00000242. The van der Waals surface area contributed by atoms with Gasteiger partial charge in [-0.15, -0.1) is 12.4 Å². The van der Waals surface area contributed by atoms with Crippen LogP contribution in [0.2, 0.25) is 0 Å². The minimum Gasteiger partial charge on any atom is -0.327 e. The molecule has 7 heteroatoms. The zero-order chi connectivity index (χ0) is 15.8. The molecule has 0 spiro atoms. The van der Waals surface area contributed by atoms with Crippen LogP contribution in [-0.2, 0) is 12.7 Å². The number of piperidine rings is 1. The Bertz CT molecular complexity index is 517. The Hall–Kier alpha value is -0.850. The van der Waals surface area contributed by atoms with Gasteiger partial charge < -0.3 is 5.73 Å². The molecule has 2 rings (SSSR count). The molecule has 2 N–H and O–H groups in total. The molecule has 1 aromatic carbocycles. The van der Waals surface area contributed by atoms with Gasteiger partial charge in [0.25, 0.3) is 0 Å². The van der Waals surface area contributed by atoms with Gasteiger partial charge in [-0.1, -0.05) is 13.8 Å². The van der Waals surface area contributed by atoms with Crippen molar-refractivity contribution in [3.05, 3.63) is 35.1 Å². The molecule has 1 aliphatic rings. The number of halogens is 5. The highest BCUT2D eigenvalue weighted by molar-refractivity contribution is 5.85. The molecule has 1 aliphatic heterocycles. The van der Waals surface area contributed by atoms with Gasteiger partial charge in [0.05, 0.1) is 5.56 Å². The average Bonchev–Trinajstić information content (AvgIpc) is 2.32. The maximum Gasteiger partial charge on any atom is 0.416 e. The summed E-state index contributed by atoms with van der Waals surface area (Å²) in [4.78, 5) is 2.03. The van der Waals surface area contributed by atoms with Crippen molar-refractivity contribution in [1.82, 2.24) is 4.90 Å². The van der Waals surface area contributed by atoms with Crippen molar-refractivity contribution in [2.24, 2.45) is 11.1 Å². The predicted octanol–water partition coefficient (Wildman–Crippen LogP) is 3.83. The third kappa shape index (κ3) is 4.57. The van der Waals surface area contributed by atoms with Gasteiger partial charge in [-0.3, -0.25) is 4.90 Å². The fourth-order valence-corrected chi connectivity index (χ4v) is 2.78. The van der Waals surface area contributed by atoms with E-state index in [0.29, 0.717) is 31.3 Å². The van der Waals surface area contributed by atoms with Crippen LogP contribution in [0, 0.1) is 11.2 Å². The van der Waals surface area contributed by atoms with Crippen molar-refractivity contribution in [2.45, 2.75) is 39.0 Å². The molecule has 0 bridgehead atoms. The van der Waals surface area contributed by atoms with Crippen LogP contribution < -0.4 is 5.73 Å². The van der Waals surface area contributed by atoms with Gasteiger partial charge in [-0.2, -0.15) is 13.2 Å². The molecular formula is C15H21ClF4N2. The molecule has 0 aliphatic carbocycles. The number of nitrogens with two attached hydrogens (primary N) is 1. The molecule has 0 saturated carbocycles. The molecule has 1 fully saturated rings. The summed E-state index contributed by atoms with van der Waals surface area (Å²) in [5.41, 5.74) is 5.34. The maximum atomic E-state index is 13.4. The van der Waals surface area contributed by atoms with Crippen LogP contribution in [0.5, 0.6) is 0 Å². The van der Waals surface area contributed by atoms with E-state index in [0.717, 1.165) is 18.6 Å². The monoisotopic (exact) mass is 340 g/mol. The smallest absolute Gasteiger partial charge is 0.327 e. The second kappa shape index (κ2) is 6.72. The summed E-state index contributed by atoms with van der Waals surface area (Å²) in [5, 5.41) is 0. The number of benzene rings is 1. The van der Waals surface area contributed by atoms with Gasteiger partial charge in [-0.25, -0.2) is 4.39 Å². The first-order valence-electron chi connectivity index (χ1n) is 6.92. The molecule has 126 valence electrons. The third-order valence-corrected chi connectivity index (χ3v) is 4.08. The summed E-state index contributed by atoms with van der Waals surface area (Å²) >= 11 is 0. The van der Waals surface area contributed by atoms with E-state index >= 15 is 0 Å². The summed E-state index contributed by atoms with van der Waals surface area (Å²) in [7, 11) is 0. The van der Waals surface area contributed by atoms with Gasteiger partial charge in [0.15, 0.2) is 0 Å². The SMILES string of the molecule is CC1(C)CN(Cc2cc(F)cc(C(F)(F)F)c2)CCC1N.Cl. The maximum absolute atomic E-state index is 13.4. The van der Waals surface area contributed by atoms with Crippen LogP contribution in [0.25, 0.3) is 0 Å². The van der Waals surface area contributed by atoms with Gasteiger partial charge in [-0.05, 0) is 35.6 Å². The molecule has 22 heavy (non-hydrogen) atoms. The first kappa shape index (κ1) is 19.2. The number of nitrogens with zero attached hydrogens (tertiary/aromatic N) is 1. The number of alkyl halides is 3. The Kier molecular flexibility index (Phi) is 5.87. The summed E-state index contributed by atoms with van der Waals surface area (Å²) < 4.78 is 51.5. The zero-order valence-corrected chi connectivity index (χ0v) is 13.4. The highest BCUT2D eigenvalue weighted by Crippen LogP contribution is 2.32. The van der Waals surface area contributed by atoms with Crippen LogP contribution in [0.15, 0.2) is 18.2 Å². The lowest BCUT2D eigenvalue weighted by Crippen LogP contribution is -2.52. The Labute approximate surface area is 134 Å². The third-order valence-electron chi connectivity index (χ3n) is 4.08. The van der Waals surface area contributed by atoms with Gasteiger partial charge in [0.2, 0.25) is 0 Å². The van der Waals surface area contributed by atoms with E-state index in [1.807, 2.05) is 18.7 Å². The van der Waals surface area contributed by atoms with Crippen LogP contribution in [0.3, 0.4) is 0 Å². The average molecular weight is 341 g/mol. The van der Waals surface area contributed by atoms with Crippen molar-refractivity contribution in [3.8, 4) is 0 Å². The molecule has 1 atom stereocenters. The van der Waals surface area contributed by atoms with Gasteiger partial charge >= 0.3 is 6.18 Å². The van der Waals surface area contributed by atoms with Crippen LogP contribution in [0.4, 0.5) is 17.6 Å². The molecule has 1 saturated heterocycles. The molecule has 0 radical (unpaired) electrons. The quantitative estimate of drug-likeness (QED) is 0.829. The lowest BCUT2D eigenvalue weighted by molar-refractivity contribution is -0.137. The topological polar surface area (TPSA) is 29.3 Å². The van der Waals surface area contributed by atoms with Crippen molar-refractivity contribution in [2.75, 3.05) is 13.1 Å². The lowest BCUT2D eigenvalue weighted by atomic mass is 9.79. The van der Waals surface area contributed by atoms with E-state index in [9.17, 15) is 17.6 Å². The fourth-order valence-electron chi connectivity index (χ4n) is 2.78. The predicted molar refractivity (Wildman–Crippen MR) is 80.3 cm³/mol. The summed E-state index contributed by atoms with van der Waals surface area (Å²) in [6.07, 6.45) is -3.74. The number of likely N-dealkylation sites (tertiary alicyclic amines) is 1. The Morgan fingerprint density at radius 2 is 1.91 bits per heavy atom. The Morgan fingerprint density at radius 3 is 2.45 bits per heavy atom. The fraction of sp³-hybridized carbons (Fsp3) is 0.600. The molecule has 1 heterocycles. The second-order valence-electron chi connectivity index (χ2n) is 6.44. The zero-order valence-electron chi connectivity index (χ0n) is 12.6. The van der Waals surface area contributed by atoms with Crippen LogP contribution >= 0.6 is 12.4 Å². The first-order chi connectivity index (χ1) is 9.58. The van der Waals surface area contributed by atoms with Crippen molar-refractivity contribution >= 4 is 12.4 Å². The molecule has 0 aromatic heterocycles. The number of hydrogen-bond donors (Lipinski definition) is 1. The molecule has 2 nitrogen and oxygen atoms in total. The van der Waals surface area contributed by atoms with Crippen molar-refractivity contribution in [1.29, 1.82) is 0 Å². The standard InChI is InChI=1S/C15H20F4N2.ClH/c1-14(2)9-21(4-3-13(14)20)8-10-5-11(15(17,18)19)7-12(16)6-10;/h5-7,13H,3-4,8-9,20H2,1-2H3;1H. The molecule has 1 aromatic rings. The second-order valence-corrected chi connectivity index (χ2v) is 6.44. The van der Waals surface area contributed by atoms with E-state index < -0.39 is 17.6 Å². The Morgan fingerprint density at radius 1 is 1.27 bits per heavy atom. The van der Waals surface area contributed by atoms with Crippen LogP contribution in [0.1, 0.15) is 31.4 Å². The van der Waals surface area contributed by atoms with Crippen LogP contribution in [-0.4, -0.2) is 24.0 Å². The van der Waals surface area contributed by atoms with Crippen molar-refractivity contribution in [3.63, 3.8) is 0 Å². The number of hydrogen-bond acceptors (Lipinski definition) is 2. The van der Waals surface area contributed by atoms with Crippen molar-refractivity contribution < 1.29 is 17.6 Å². The van der Waals surface area contributed by atoms with E-state index in [1.165, 1.54) is 0 Å². The minimum atomic E-state index is -4.53. The molecular weight excluding hydrogens is 320 g/mol. The van der Waals surface area contributed by atoms with Gasteiger partial charge in [0.1, 0.15) is 5.82 Å². The summed E-state index contributed by atoms with van der Waals surface area (Å²) in [5.74, 6) is -0.854. The summed E-state index contributed by atoms with van der Waals surface area (Å²) in [6.45, 7) is 5.78. The number of rotatable bonds is 2. The summed E-state index contributed by atoms with van der Waals surface area (Å²) in [6, 6.07) is 2.79. The lowest BCUT2D eigenvalue weighted by Gasteiger charge is -2.42. The normalized spacial score (nSPS) is 22.2. The molecule has 0 amide bonds. The first-order valence-corrected chi connectivity index (χ1v) is 6.92. The van der Waals surface area contributed by atoms with E-state index in [-0.39, 0.29) is 23.9 Å². The highest BCUT2D eigenvalue weighted by Gasteiger charge is 2.34. The van der Waals surface area contributed by atoms with Gasteiger partial charge in [0, 0.05) is 25.7 Å².